The standard InChI is InChI=1S/C15H22N2O3/c1-3-4-9-16-14(18)11-17(2)10-12-5-7-13(8-6-12)15(19)20/h5-8H,3-4,9-11H2,1-2H3,(H,16,18)(H,19,20). The van der Waals surface area contributed by atoms with Crippen LogP contribution in [0.5, 0.6) is 0 Å². The van der Waals surface area contributed by atoms with Gasteiger partial charge in [-0.1, -0.05) is 25.5 Å². The minimum Gasteiger partial charge on any atom is -0.478 e. The summed E-state index contributed by atoms with van der Waals surface area (Å²) in [5.41, 5.74) is 1.26. The fourth-order valence-corrected chi connectivity index (χ4v) is 1.83. The predicted octanol–water partition coefficient (Wildman–Crippen LogP) is 1.73. The molecule has 20 heavy (non-hydrogen) atoms. The second-order valence-corrected chi connectivity index (χ2v) is 4.88. The molecular formula is C15H22N2O3. The third-order valence-corrected chi connectivity index (χ3v) is 2.92. The molecule has 0 aliphatic carbocycles. The van der Waals surface area contributed by atoms with Crippen LogP contribution in [0, 0.1) is 0 Å². The van der Waals surface area contributed by atoms with Gasteiger partial charge in [-0.3, -0.25) is 9.69 Å². The van der Waals surface area contributed by atoms with Crippen molar-refractivity contribution in [3.8, 4) is 0 Å². The van der Waals surface area contributed by atoms with Gasteiger partial charge in [-0.05, 0) is 31.2 Å². The summed E-state index contributed by atoms with van der Waals surface area (Å²) in [5.74, 6) is -0.914. The highest BCUT2D eigenvalue weighted by atomic mass is 16.4. The van der Waals surface area contributed by atoms with Crippen molar-refractivity contribution in [2.45, 2.75) is 26.3 Å². The molecule has 110 valence electrons. The first-order valence-electron chi connectivity index (χ1n) is 6.80. The van der Waals surface area contributed by atoms with Crippen LogP contribution < -0.4 is 5.32 Å². The summed E-state index contributed by atoms with van der Waals surface area (Å²) in [7, 11) is 1.87. The number of nitrogens with zero attached hydrogens (tertiary/aromatic N) is 1. The van der Waals surface area contributed by atoms with Gasteiger partial charge < -0.3 is 10.4 Å². The highest BCUT2D eigenvalue weighted by Gasteiger charge is 2.07. The van der Waals surface area contributed by atoms with Crippen molar-refractivity contribution in [2.24, 2.45) is 0 Å². The van der Waals surface area contributed by atoms with Gasteiger partial charge in [0.25, 0.3) is 0 Å². The number of unbranched alkanes of at least 4 members (excludes halogenated alkanes) is 1. The minimum atomic E-state index is -0.930. The lowest BCUT2D eigenvalue weighted by Gasteiger charge is -2.16. The average Bonchev–Trinajstić information content (AvgIpc) is 2.39. The summed E-state index contributed by atoms with van der Waals surface area (Å²) < 4.78 is 0. The summed E-state index contributed by atoms with van der Waals surface area (Å²) in [6, 6.07) is 6.70. The predicted molar refractivity (Wildman–Crippen MR) is 77.7 cm³/mol. The quantitative estimate of drug-likeness (QED) is 0.711. The molecular weight excluding hydrogens is 256 g/mol. The number of amides is 1. The van der Waals surface area contributed by atoms with Gasteiger partial charge in [-0.25, -0.2) is 4.79 Å². The molecule has 2 N–H and O–H groups in total. The minimum absolute atomic E-state index is 0.0168. The van der Waals surface area contributed by atoms with Crippen LogP contribution in [0.15, 0.2) is 24.3 Å². The van der Waals surface area contributed by atoms with E-state index >= 15 is 0 Å². The van der Waals surface area contributed by atoms with Gasteiger partial charge in [0, 0.05) is 13.1 Å². The molecule has 0 aliphatic heterocycles. The molecule has 0 radical (unpaired) electrons. The molecule has 0 aliphatic rings. The maximum Gasteiger partial charge on any atom is 0.335 e. The van der Waals surface area contributed by atoms with E-state index in [2.05, 4.69) is 12.2 Å². The maximum absolute atomic E-state index is 11.6. The van der Waals surface area contributed by atoms with E-state index in [1.165, 1.54) is 0 Å². The van der Waals surface area contributed by atoms with Crippen molar-refractivity contribution >= 4 is 11.9 Å². The third-order valence-electron chi connectivity index (χ3n) is 2.92. The Kier molecular flexibility index (Phi) is 6.73. The van der Waals surface area contributed by atoms with Crippen molar-refractivity contribution in [1.29, 1.82) is 0 Å². The Morgan fingerprint density at radius 3 is 2.45 bits per heavy atom. The van der Waals surface area contributed by atoms with Crippen LogP contribution >= 0.6 is 0 Å². The van der Waals surface area contributed by atoms with E-state index in [9.17, 15) is 9.59 Å². The molecule has 1 amide bonds. The lowest BCUT2D eigenvalue weighted by Crippen LogP contribution is -2.35. The summed E-state index contributed by atoms with van der Waals surface area (Å²) in [6.45, 7) is 3.75. The number of benzene rings is 1. The molecule has 0 bridgehead atoms. The van der Waals surface area contributed by atoms with Gasteiger partial charge in [0.05, 0.1) is 12.1 Å². The average molecular weight is 278 g/mol. The molecule has 1 aromatic rings. The van der Waals surface area contributed by atoms with Gasteiger partial charge in [-0.2, -0.15) is 0 Å². The van der Waals surface area contributed by atoms with E-state index in [0.29, 0.717) is 13.1 Å². The zero-order valence-electron chi connectivity index (χ0n) is 12.1. The fourth-order valence-electron chi connectivity index (χ4n) is 1.83. The van der Waals surface area contributed by atoms with Crippen molar-refractivity contribution in [1.82, 2.24) is 10.2 Å². The smallest absolute Gasteiger partial charge is 0.335 e. The molecule has 0 saturated carbocycles. The van der Waals surface area contributed by atoms with E-state index < -0.39 is 5.97 Å². The zero-order valence-corrected chi connectivity index (χ0v) is 12.1. The van der Waals surface area contributed by atoms with Gasteiger partial charge in [0.2, 0.25) is 5.91 Å². The Bertz CT molecular complexity index is 443. The van der Waals surface area contributed by atoms with Gasteiger partial charge in [-0.15, -0.1) is 0 Å². The lowest BCUT2D eigenvalue weighted by molar-refractivity contribution is -0.122. The summed E-state index contributed by atoms with van der Waals surface area (Å²) in [5, 5.41) is 11.7. The van der Waals surface area contributed by atoms with Crippen LogP contribution in [0.4, 0.5) is 0 Å². The Hall–Kier alpha value is -1.88. The maximum atomic E-state index is 11.6. The largest absolute Gasteiger partial charge is 0.478 e. The highest BCUT2D eigenvalue weighted by molar-refractivity contribution is 5.87. The molecule has 0 aromatic heterocycles. The van der Waals surface area contributed by atoms with Crippen LogP contribution in [0.1, 0.15) is 35.7 Å². The summed E-state index contributed by atoms with van der Waals surface area (Å²) >= 11 is 0. The first-order chi connectivity index (χ1) is 9.52. The molecule has 1 aromatic carbocycles. The number of hydrogen-bond acceptors (Lipinski definition) is 3. The normalized spacial score (nSPS) is 10.6. The summed E-state index contributed by atoms with van der Waals surface area (Å²) in [4.78, 5) is 24.3. The first-order valence-corrected chi connectivity index (χ1v) is 6.80. The van der Waals surface area contributed by atoms with Crippen molar-refractivity contribution in [2.75, 3.05) is 20.1 Å². The highest BCUT2D eigenvalue weighted by Crippen LogP contribution is 2.06. The first kappa shape index (κ1) is 16.2. The van der Waals surface area contributed by atoms with Gasteiger partial charge >= 0.3 is 5.97 Å². The number of carbonyl (C=O) groups excluding carboxylic acids is 1. The number of rotatable bonds is 8. The Balaban J connectivity index is 2.39. The molecule has 1 rings (SSSR count). The molecule has 0 heterocycles. The molecule has 0 saturated heterocycles. The molecule has 0 spiro atoms. The van der Waals surface area contributed by atoms with Gasteiger partial charge in [0.15, 0.2) is 0 Å². The Morgan fingerprint density at radius 2 is 1.90 bits per heavy atom. The van der Waals surface area contributed by atoms with Crippen molar-refractivity contribution < 1.29 is 14.7 Å². The molecule has 0 unspecified atom stereocenters. The van der Waals surface area contributed by atoms with Gasteiger partial charge in [0.1, 0.15) is 0 Å². The summed E-state index contributed by atoms with van der Waals surface area (Å²) in [6.07, 6.45) is 2.05. The van der Waals surface area contributed by atoms with E-state index in [1.807, 2.05) is 11.9 Å². The second-order valence-electron chi connectivity index (χ2n) is 4.88. The third kappa shape index (κ3) is 5.84. The van der Waals surface area contributed by atoms with Crippen LogP contribution in [-0.2, 0) is 11.3 Å². The van der Waals surface area contributed by atoms with E-state index in [4.69, 9.17) is 5.11 Å². The number of carboxylic acid groups (broad SMARTS) is 1. The molecule has 0 atom stereocenters. The lowest BCUT2D eigenvalue weighted by atomic mass is 10.1. The Morgan fingerprint density at radius 1 is 1.25 bits per heavy atom. The van der Waals surface area contributed by atoms with E-state index in [0.717, 1.165) is 24.9 Å². The molecule has 0 fully saturated rings. The number of likely N-dealkylation sites (N-methyl/N-ethyl adjacent to an activating group) is 1. The second kappa shape index (κ2) is 8.32. The fraction of sp³-hybridized carbons (Fsp3) is 0.467. The number of aromatic carboxylic acids is 1. The van der Waals surface area contributed by atoms with Crippen LogP contribution in [0.2, 0.25) is 0 Å². The zero-order chi connectivity index (χ0) is 15.0. The van der Waals surface area contributed by atoms with Crippen molar-refractivity contribution in [3.05, 3.63) is 35.4 Å². The van der Waals surface area contributed by atoms with Crippen LogP contribution in [0.3, 0.4) is 0 Å². The van der Waals surface area contributed by atoms with E-state index in [-0.39, 0.29) is 11.5 Å². The Labute approximate surface area is 119 Å². The monoisotopic (exact) mass is 278 g/mol. The number of nitrogens with one attached hydrogen (secondary N) is 1. The SMILES string of the molecule is CCCCNC(=O)CN(C)Cc1ccc(C(=O)O)cc1. The number of carboxylic acids is 1. The number of hydrogen-bond donors (Lipinski definition) is 2. The molecule has 5 nitrogen and oxygen atoms in total. The van der Waals surface area contributed by atoms with Crippen LogP contribution in [-0.4, -0.2) is 42.0 Å². The molecule has 5 heteroatoms. The van der Waals surface area contributed by atoms with E-state index in [1.54, 1.807) is 24.3 Å². The topological polar surface area (TPSA) is 69.6 Å². The van der Waals surface area contributed by atoms with Crippen LogP contribution in [0.25, 0.3) is 0 Å². The number of carbonyl (C=O) groups is 2. The van der Waals surface area contributed by atoms with Crippen molar-refractivity contribution in [3.63, 3.8) is 0 Å².